The van der Waals surface area contributed by atoms with Crippen molar-refractivity contribution in [3.8, 4) is 0 Å². The van der Waals surface area contributed by atoms with Gasteiger partial charge in [-0.2, -0.15) is 0 Å². The summed E-state index contributed by atoms with van der Waals surface area (Å²) in [5.41, 5.74) is 2.71. The zero-order valence-electron chi connectivity index (χ0n) is 11.8. The maximum absolute atomic E-state index is 6.12. The van der Waals surface area contributed by atoms with Gasteiger partial charge in [0.1, 0.15) is 0 Å². The molecule has 0 amide bonds. The summed E-state index contributed by atoms with van der Waals surface area (Å²) in [7, 11) is 4.13. The van der Waals surface area contributed by atoms with Crippen molar-refractivity contribution in [3.63, 3.8) is 0 Å². The first kappa shape index (κ1) is 13.5. The van der Waals surface area contributed by atoms with Crippen molar-refractivity contribution in [2.24, 2.45) is 5.41 Å². The van der Waals surface area contributed by atoms with Gasteiger partial charge in [0.25, 0.3) is 0 Å². The molecule has 0 saturated heterocycles. The van der Waals surface area contributed by atoms with E-state index in [2.05, 4.69) is 44.2 Å². The van der Waals surface area contributed by atoms with Crippen LogP contribution < -0.4 is 10.2 Å². The van der Waals surface area contributed by atoms with Crippen molar-refractivity contribution < 1.29 is 0 Å². The van der Waals surface area contributed by atoms with Crippen LogP contribution in [0.5, 0.6) is 0 Å². The number of benzene rings is 1. The van der Waals surface area contributed by atoms with Gasteiger partial charge in [0, 0.05) is 25.2 Å². The monoisotopic (exact) mass is 266 g/mol. The Morgan fingerprint density at radius 1 is 1.33 bits per heavy atom. The highest BCUT2D eigenvalue weighted by molar-refractivity contribution is 6.31. The molecule has 3 heteroatoms. The lowest BCUT2D eigenvalue weighted by molar-refractivity contribution is 0.350. The number of hydrogen-bond acceptors (Lipinski definition) is 2. The molecule has 0 bridgehead atoms. The molecular weight excluding hydrogens is 244 g/mol. The summed E-state index contributed by atoms with van der Waals surface area (Å²) < 4.78 is 0. The molecular formula is C15H23ClN2. The number of nitrogens with one attached hydrogen (secondary N) is 1. The van der Waals surface area contributed by atoms with Gasteiger partial charge in [-0.3, -0.25) is 0 Å². The lowest BCUT2D eigenvalue weighted by Crippen LogP contribution is -2.31. The Balaban J connectivity index is 2.25. The zero-order chi connectivity index (χ0) is 13.3. The second-order valence-electron chi connectivity index (χ2n) is 6.13. The molecule has 0 heterocycles. The lowest BCUT2D eigenvalue weighted by atomic mass is 9.87. The predicted molar refractivity (Wildman–Crippen MR) is 80.8 cm³/mol. The summed E-state index contributed by atoms with van der Waals surface area (Å²) in [6.45, 7) is 4.69. The Hall–Kier alpha value is -0.890. The second kappa shape index (κ2) is 5.00. The Morgan fingerprint density at radius 3 is 2.61 bits per heavy atom. The van der Waals surface area contributed by atoms with Crippen LogP contribution in [0.15, 0.2) is 18.2 Å². The van der Waals surface area contributed by atoms with Crippen LogP contribution in [0, 0.1) is 5.41 Å². The van der Waals surface area contributed by atoms with E-state index in [9.17, 15) is 0 Å². The molecule has 1 aromatic rings. The minimum absolute atomic E-state index is 0.367. The standard InChI is InChI=1S/C15H23ClN2/c1-15(2)9-5-6-14(15)17-12-10-11(16)7-8-13(12)18(3)4/h7-8,10,14,17H,5-6,9H2,1-4H3. The largest absolute Gasteiger partial charge is 0.380 e. The Labute approximate surface area is 115 Å². The summed E-state index contributed by atoms with van der Waals surface area (Å²) in [6, 6.07) is 6.59. The number of anilines is 2. The quantitative estimate of drug-likeness (QED) is 0.873. The van der Waals surface area contributed by atoms with Gasteiger partial charge in [-0.1, -0.05) is 31.9 Å². The van der Waals surface area contributed by atoms with Crippen LogP contribution in [-0.4, -0.2) is 20.1 Å². The Bertz CT molecular complexity index is 427. The SMILES string of the molecule is CN(C)c1ccc(Cl)cc1NC1CCCC1(C)C. The minimum atomic E-state index is 0.367. The third kappa shape index (κ3) is 2.74. The van der Waals surface area contributed by atoms with Crippen molar-refractivity contribution in [3.05, 3.63) is 23.2 Å². The molecule has 1 aliphatic carbocycles. The maximum Gasteiger partial charge on any atom is 0.0597 e. The van der Waals surface area contributed by atoms with Crippen molar-refractivity contribution in [2.45, 2.75) is 39.2 Å². The first-order valence-electron chi connectivity index (χ1n) is 6.63. The lowest BCUT2D eigenvalue weighted by Gasteiger charge is -2.30. The van der Waals surface area contributed by atoms with Crippen LogP contribution in [0.4, 0.5) is 11.4 Å². The number of hydrogen-bond donors (Lipinski definition) is 1. The van der Waals surface area contributed by atoms with Crippen molar-refractivity contribution in [1.82, 2.24) is 0 Å². The topological polar surface area (TPSA) is 15.3 Å². The van der Waals surface area contributed by atoms with Crippen LogP contribution in [0.2, 0.25) is 5.02 Å². The molecule has 2 rings (SSSR count). The molecule has 0 spiro atoms. The summed E-state index contributed by atoms with van der Waals surface area (Å²) in [5.74, 6) is 0. The first-order chi connectivity index (χ1) is 8.40. The molecule has 1 N–H and O–H groups in total. The van der Waals surface area contributed by atoms with Crippen LogP contribution in [-0.2, 0) is 0 Å². The average Bonchev–Trinajstić information content (AvgIpc) is 2.58. The van der Waals surface area contributed by atoms with Gasteiger partial charge in [0.15, 0.2) is 0 Å². The first-order valence-corrected chi connectivity index (χ1v) is 7.01. The minimum Gasteiger partial charge on any atom is -0.380 e. The summed E-state index contributed by atoms with van der Waals surface area (Å²) in [5, 5.41) is 4.49. The fourth-order valence-corrected chi connectivity index (χ4v) is 2.97. The van der Waals surface area contributed by atoms with Gasteiger partial charge in [-0.25, -0.2) is 0 Å². The molecule has 1 aliphatic rings. The molecule has 100 valence electrons. The summed E-state index contributed by atoms with van der Waals surface area (Å²) in [6.07, 6.45) is 3.84. The van der Waals surface area contributed by atoms with E-state index in [0.717, 1.165) is 10.7 Å². The van der Waals surface area contributed by atoms with Gasteiger partial charge < -0.3 is 10.2 Å². The van der Waals surface area contributed by atoms with E-state index < -0.39 is 0 Å². The third-order valence-corrected chi connectivity index (χ3v) is 4.26. The van der Waals surface area contributed by atoms with Gasteiger partial charge >= 0.3 is 0 Å². The highest BCUT2D eigenvalue weighted by Gasteiger charge is 2.34. The molecule has 2 nitrogen and oxygen atoms in total. The number of halogens is 1. The van der Waals surface area contributed by atoms with E-state index >= 15 is 0 Å². The molecule has 18 heavy (non-hydrogen) atoms. The zero-order valence-corrected chi connectivity index (χ0v) is 12.5. The van der Waals surface area contributed by atoms with Crippen LogP contribution >= 0.6 is 11.6 Å². The highest BCUT2D eigenvalue weighted by atomic mass is 35.5. The second-order valence-corrected chi connectivity index (χ2v) is 6.57. The molecule has 0 aliphatic heterocycles. The van der Waals surface area contributed by atoms with Crippen LogP contribution in [0.1, 0.15) is 33.1 Å². The van der Waals surface area contributed by atoms with E-state index in [1.807, 2.05) is 12.1 Å². The van der Waals surface area contributed by atoms with E-state index in [0.29, 0.717) is 11.5 Å². The smallest absolute Gasteiger partial charge is 0.0597 e. The van der Waals surface area contributed by atoms with Gasteiger partial charge in [0.05, 0.1) is 11.4 Å². The van der Waals surface area contributed by atoms with Gasteiger partial charge in [0.2, 0.25) is 0 Å². The molecule has 1 unspecified atom stereocenters. The highest BCUT2D eigenvalue weighted by Crippen LogP contribution is 2.40. The Kier molecular flexibility index (Phi) is 3.76. The summed E-state index contributed by atoms with van der Waals surface area (Å²) in [4.78, 5) is 2.13. The molecule has 0 radical (unpaired) electrons. The van der Waals surface area contributed by atoms with Gasteiger partial charge in [-0.15, -0.1) is 0 Å². The Morgan fingerprint density at radius 2 is 2.06 bits per heavy atom. The van der Waals surface area contributed by atoms with Crippen LogP contribution in [0.3, 0.4) is 0 Å². The van der Waals surface area contributed by atoms with Crippen molar-refractivity contribution in [2.75, 3.05) is 24.3 Å². The van der Waals surface area contributed by atoms with Crippen LogP contribution in [0.25, 0.3) is 0 Å². The molecule has 1 aromatic carbocycles. The molecule has 1 atom stereocenters. The third-order valence-electron chi connectivity index (χ3n) is 4.03. The summed E-state index contributed by atoms with van der Waals surface area (Å²) >= 11 is 6.12. The van der Waals surface area contributed by atoms with E-state index in [1.165, 1.54) is 24.9 Å². The van der Waals surface area contributed by atoms with E-state index in [1.54, 1.807) is 0 Å². The molecule has 1 saturated carbocycles. The number of nitrogens with zero attached hydrogens (tertiary/aromatic N) is 1. The maximum atomic E-state index is 6.12. The van der Waals surface area contributed by atoms with Crippen molar-refractivity contribution in [1.29, 1.82) is 0 Å². The predicted octanol–water partition coefficient (Wildman–Crippen LogP) is 4.40. The van der Waals surface area contributed by atoms with E-state index in [4.69, 9.17) is 11.6 Å². The van der Waals surface area contributed by atoms with Crippen molar-refractivity contribution >= 4 is 23.0 Å². The van der Waals surface area contributed by atoms with Gasteiger partial charge in [-0.05, 0) is 36.5 Å². The number of rotatable bonds is 3. The van der Waals surface area contributed by atoms with E-state index in [-0.39, 0.29) is 0 Å². The fourth-order valence-electron chi connectivity index (χ4n) is 2.80. The molecule has 1 fully saturated rings. The molecule has 0 aromatic heterocycles. The average molecular weight is 267 g/mol. The normalized spacial score (nSPS) is 21.9. The fraction of sp³-hybridized carbons (Fsp3) is 0.600.